The molecular weight excluding hydrogens is 326 g/mol. The van der Waals surface area contributed by atoms with Gasteiger partial charge in [0.2, 0.25) is 0 Å². The molecule has 1 aliphatic carbocycles. The highest BCUT2D eigenvalue weighted by Crippen LogP contribution is 2.44. The summed E-state index contributed by atoms with van der Waals surface area (Å²) in [6.45, 7) is 0. The molecule has 2 aromatic carbocycles. The Kier molecular flexibility index (Phi) is 4.33. The largest absolute Gasteiger partial charge is 0.480 e. The Bertz CT molecular complexity index is 813. The van der Waals surface area contributed by atoms with Gasteiger partial charge in [0, 0.05) is 12.2 Å². The van der Waals surface area contributed by atoms with Gasteiger partial charge in [0.1, 0.15) is 5.75 Å². The van der Waals surface area contributed by atoms with Crippen LogP contribution in [-0.4, -0.2) is 22.8 Å². The average molecular weight is 347 g/mol. The van der Waals surface area contributed by atoms with E-state index in [2.05, 4.69) is 0 Å². The number of benzene rings is 2. The van der Waals surface area contributed by atoms with Crippen LogP contribution in [0.5, 0.6) is 5.75 Å². The Morgan fingerprint density at radius 1 is 0.846 bits per heavy atom. The quantitative estimate of drug-likeness (QED) is 0.790. The van der Waals surface area contributed by atoms with Crippen molar-refractivity contribution in [2.45, 2.75) is 37.3 Å². The van der Waals surface area contributed by atoms with E-state index in [0.29, 0.717) is 0 Å². The number of para-hydroxylation sites is 1. The van der Waals surface area contributed by atoms with Crippen LogP contribution in [0.15, 0.2) is 72.8 Å². The summed E-state index contributed by atoms with van der Waals surface area (Å²) >= 11 is 0. The fourth-order valence-corrected chi connectivity index (χ4v) is 4.12. The van der Waals surface area contributed by atoms with Gasteiger partial charge in [0.25, 0.3) is 11.8 Å². The van der Waals surface area contributed by atoms with Crippen molar-refractivity contribution in [3.63, 3.8) is 0 Å². The Balaban J connectivity index is 1.82. The first-order chi connectivity index (χ1) is 12.7. The van der Waals surface area contributed by atoms with E-state index in [9.17, 15) is 9.59 Å². The van der Waals surface area contributed by atoms with Crippen LogP contribution >= 0.6 is 0 Å². The smallest absolute Gasteiger partial charge is 0.254 e. The summed E-state index contributed by atoms with van der Waals surface area (Å²) in [6, 6.07) is 19.3. The molecule has 2 aromatic rings. The first kappa shape index (κ1) is 16.6. The van der Waals surface area contributed by atoms with Gasteiger partial charge in [0.15, 0.2) is 5.60 Å². The third-order valence-electron chi connectivity index (χ3n) is 5.27. The van der Waals surface area contributed by atoms with Crippen LogP contribution in [0.3, 0.4) is 0 Å². The van der Waals surface area contributed by atoms with Gasteiger partial charge in [0.05, 0.1) is 6.04 Å². The summed E-state index contributed by atoms with van der Waals surface area (Å²) in [6.07, 6.45) is 6.16. The highest BCUT2D eigenvalue weighted by molar-refractivity contribution is 6.13. The Hall–Kier alpha value is -2.88. The third kappa shape index (κ3) is 2.81. The number of hydrogen-bond acceptors (Lipinski definition) is 3. The van der Waals surface area contributed by atoms with Gasteiger partial charge in [-0.25, -0.2) is 0 Å². The molecule has 4 heteroatoms. The van der Waals surface area contributed by atoms with Crippen molar-refractivity contribution in [1.82, 2.24) is 4.90 Å². The lowest BCUT2D eigenvalue weighted by Gasteiger charge is -2.47. The number of nitrogens with zero attached hydrogens (tertiary/aromatic N) is 1. The third-order valence-corrected chi connectivity index (χ3v) is 5.27. The van der Waals surface area contributed by atoms with Gasteiger partial charge < -0.3 is 4.74 Å². The maximum absolute atomic E-state index is 12.4. The minimum atomic E-state index is -0.738. The van der Waals surface area contributed by atoms with Crippen LogP contribution in [0.1, 0.15) is 31.2 Å². The molecule has 2 atom stereocenters. The number of hydrogen-bond donors (Lipinski definition) is 0. The fraction of sp³-hybridized carbons (Fsp3) is 0.273. The molecule has 2 amide bonds. The Labute approximate surface area is 153 Å². The first-order valence-electron chi connectivity index (χ1n) is 9.05. The number of rotatable bonds is 4. The molecule has 0 aromatic heterocycles. The Morgan fingerprint density at radius 3 is 2.12 bits per heavy atom. The molecule has 2 aliphatic rings. The zero-order chi connectivity index (χ0) is 18.0. The molecule has 0 bridgehead atoms. The second-order valence-corrected chi connectivity index (χ2v) is 6.81. The lowest BCUT2D eigenvalue weighted by Crippen LogP contribution is -2.57. The van der Waals surface area contributed by atoms with Crippen molar-refractivity contribution in [3.05, 3.63) is 78.4 Å². The van der Waals surface area contributed by atoms with Crippen molar-refractivity contribution < 1.29 is 14.3 Å². The number of imide groups is 1. The number of carbonyl (C=O) groups is 2. The second-order valence-electron chi connectivity index (χ2n) is 6.81. The van der Waals surface area contributed by atoms with E-state index < -0.39 is 5.60 Å². The summed E-state index contributed by atoms with van der Waals surface area (Å²) in [4.78, 5) is 26.2. The maximum Gasteiger partial charge on any atom is 0.254 e. The molecular formula is C22H21NO3. The van der Waals surface area contributed by atoms with Gasteiger partial charge in [-0.1, -0.05) is 55.0 Å². The van der Waals surface area contributed by atoms with E-state index in [1.807, 2.05) is 60.7 Å². The van der Waals surface area contributed by atoms with Crippen molar-refractivity contribution in [2.75, 3.05) is 0 Å². The Morgan fingerprint density at radius 2 is 1.46 bits per heavy atom. The summed E-state index contributed by atoms with van der Waals surface area (Å²) < 4.78 is 6.58. The fourth-order valence-electron chi connectivity index (χ4n) is 4.12. The highest BCUT2D eigenvalue weighted by atomic mass is 16.5. The molecule has 2 unspecified atom stereocenters. The van der Waals surface area contributed by atoms with Gasteiger partial charge in [-0.2, -0.15) is 0 Å². The van der Waals surface area contributed by atoms with Crippen molar-refractivity contribution in [2.24, 2.45) is 0 Å². The first-order valence-corrected chi connectivity index (χ1v) is 9.05. The highest BCUT2D eigenvalue weighted by Gasteiger charge is 2.50. The minimum absolute atomic E-state index is 0.251. The van der Waals surface area contributed by atoms with Crippen molar-refractivity contribution >= 4 is 11.8 Å². The molecule has 0 N–H and O–H groups in total. The van der Waals surface area contributed by atoms with Gasteiger partial charge in [-0.3, -0.25) is 14.5 Å². The average Bonchev–Trinajstić information content (AvgIpc) is 3.02. The van der Waals surface area contributed by atoms with E-state index in [0.717, 1.165) is 37.0 Å². The summed E-state index contributed by atoms with van der Waals surface area (Å²) in [5.74, 6) is 0.244. The molecule has 0 spiro atoms. The zero-order valence-corrected chi connectivity index (χ0v) is 14.5. The van der Waals surface area contributed by atoms with Crippen LogP contribution in [0.25, 0.3) is 0 Å². The molecule has 26 heavy (non-hydrogen) atoms. The van der Waals surface area contributed by atoms with Crippen molar-refractivity contribution in [1.29, 1.82) is 0 Å². The lowest BCUT2D eigenvalue weighted by atomic mass is 9.74. The normalized spacial score (nSPS) is 25.5. The molecule has 1 fully saturated rings. The van der Waals surface area contributed by atoms with E-state index >= 15 is 0 Å². The molecule has 1 aliphatic heterocycles. The zero-order valence-electron chi connectivity index (χ0n) is 14.5. The van der Waals surface area contributed by atoms with Crippen LogP contribution in [0, 0.1) is 0 Å². The second kappa shape index (κ2) is 6.79. The summed E-state index contributed by atoms with van der Waals surface area (Å²) in [5, 5.41) is 0. The van der Waals surface area contributed by atoms with E-state index in [1.165, 1.54) is 17.1 Å². The standard InChI is InChI=1S/C22H21NO3/c24-20-14-15-21(25)23(20)19-13-7-8-16-22(19,17-9-3-1-4-10-17)26-18-11-5-2-6-12-18/h1-6,9-12,14-15,19H,7-8,13,16H2. The molecule has 0 saturated heterocycles. The topological polar surface area (TPSA) is 46.6 Å². The van der Waals surface area contributed by atoms with Gasteiger partial charge >= 0.3 is 0 Å². The van der Waals surface area contributed by atoms with Crippen molar-refractivity contribution in [3.8, 4) is 5.75 Å². The number of carbonyl (C=O) groups excluding carboxylic acids is 2. The predicted molar refractivity (Wildman–Crippen MR) is 98.4 cm³/mol. The molecule has 4 nitrogen and oxygen atoms in total. The van der Waals surface area contributed by atoms with E-state index in [4.69, 9.17) is 4.74 Å². The minimum Gasteiger partial charge on any atom is -0.480 e. The molecule has 132 valence electrons. The van der Waals surface area contributed by atoms with E-state index in [1.54, 1.807) is 0 Å². The van der Waals surface area contributed by atoms with Gasteiger partial charge in [-0.15, -0.1) is 0 Å². The van der Waals surface area contributed by atoms with E-state index in [-0.39, 0.29) is 17.9 Å². The van der Waals surface area contributed by atoms with Crippen LogP contribution in [0.2, 0.25) is 0 Å². The maximum atomic E-state index is 12.4. The monoisotopic (exact) mass is 347 g/mol. The predicted octanol–water partition coefficient (Wildman–Crippen LogP) is 3.83. The molecule has 1 heterocycles. The van der Waals surface area contributed by atoms with Crippen LogP contribution < -0.4 is 4.74 Å². The molecule has 0 radical (unpaired) electrons. The van der Waals surface area contributed by atoms with Crippen LogP contribution in [-0.2, 0) is 15.2 Å². The SMILES string of the molecule is O=C1C=CC(=O)N1C1CCCCC1(Oc1ccccc1)c1ccccc1. The number of ether oxygens (including phenoxy) is 1. The van der Waals surface area contributed by atoms with Gasteiger partial charge in [-0.05, 0) is 37.0 Å². The summed E-state index contributed by atoms with van der Waals surface area (Å²) in [5.41, 5.74) is 0.263. The molecule has 4 rings (SSSR count). The lowest BCUT2D eigenvalue weighted by molar-refractivity contribution is -0.149. The number of amides is 2. The summed E-state index contributed by atoms with van der Waals surface area (Å²) in [7, 11) is 0. The van der Waals surface area contributed by atoms with Crippen LogP contribution in [0.4, 0.5) is 0 Å². The molecule has 1 saturated carbocycles.